The Morgan fingerprint density at radius 3 is 2.16 bits per heavy atom. The highest BCUT2D eigenvalue weighted by Gasteiger charge is 2.38. The van der Waals surface area contributed by atoms with Crippen LogP contribution in [-0.4, -0.2) is 12.0 Å². The summed E-state index contributed by atoms with van der Waals surface area (Å²) >= 11 is 0. The van der Waals surface area contributed by atoms with E-state index >= 15 is 0 Å². The summed E-state index contributed by atoms with van der Waals surface area (Å²) in [7, 11) is 0. The first-order valence-corrected chi connectivity index (χ1v) is 8.39. The highest BCUT2D eigenvalue weighted by molar-refractivity contribution is 6.12. The van der Waals surface area contributed by atoms with E-state index in [1.54, 1.807) is 30.3 Å². The van der Waals surface area contributed by atoms with Crippen LogP contribution in [-0.2, 0) is 6.42 Å². The number of aryl methyl sites for hydroxylation is 1. The van der Waals surface area contributed by atoms with Gasteiger partial charge in [-0.3, -0.25) is 4.79 Å². The molecule has 0 saturated heterocycles. The van der Waals surface area contributed by atoms with Crippen LogP contribution in [0.2, 0.25) is 0 Å². The Morgan fingerprint density at radius 1 is 0.960 bits per heavy atom. The first-order valence-electron chi connectivity index (χ1n) is 8.39. The van der Waals surface area contributed by atoms with Crippen molar-refractivity contribution >= 4 is 11.9 Å². The summed E-state index contributed by atoms with van der Waals surface area (Å²) in [5.74, 6) is -1.00. The second-order valence-corrected chi connectivity index (χ2v) is 5.95. The Kier molecular flexibility index (Phi) is 6.57. The van der Waals surface area contributed by atoms with E-state index < -0.39 is 17.5 Å². The number of benzene rings is 2. The van der Waals surface area contributed by atoms with Gasteiger partial charge in [-0.15, -0.1) is 0 Å². The van der Waals surface area contributed by atoms with Crippen LogP contribution in [0.15, 0.2) is 60.2 Å². The number of alkyl halides is 3. The summed E-state index contributed by atoms with van der Waals surface area (Å²) in [5, 5.41) is 0. The zero-order chi connectivity index (χ0) is 18.3. The Bertz CT molecular complexity index is 713. The first kappa shape index (κ1) is 19.0. The standard InChI is InChI=1S/C21H21F3O/c1-2-3-5-8-16-11-13-18(14-12-16)20(25)19(21(22,23)24)15-17-9-6-4-7-10-17/h4,6-7,9-15H,2-3,5,8H2,1H3/b19-15+. The molecular weight excluding hydrogens is 325 g/mol. The van der Waals surface area contributed by atoms with Crippen LogP contribution in [0.1, 0.15) is 47.7 Å². The number of rotatable bonds is 7. The molecule has 25 heavy (non-hydrogen) atoms. The van der Waals surface area contributed by atoms with E-state index in [0.717, 1.165) is 37.3 Å². The largest absolute Gasteiger partial charge is 0.420 e. The van der Waals surface area contributed by atoms with Crippen LogP contribution in [0.4, 0.5) is 13.2 Å². The van der Waals surface area contributed by atoms with Gasteiger partial charge in [-0.05, 0) is 30.0 Å². The zero-order valence-electron chi connectivity index (χ0n) is 14.1. The van der Waals surface area contributed by atoms with Crippen molar-refractivity contribution in [2.24, 2.45) is 0 Å². The monoisotopic (exact) mass is 346 g/mol. The second kappa shape index (κ2) is 8.65. The van der Waals surface area contributed by atoms with Crippen molar-refractivity contribution in [2.45, 2.75) is 38.8 Å². The average Bonchev–Trinajstić information content (AvgIpc) is 2.60. The molecule has 2 aromatic carbocycles. The fourth-order valence-electron chi connectivity index (χ4n) is 2.55. The average molecular weight is 346 g/mol. The van der Waals surface area contributed by atoms with E-state index in [0.29, 0.717) is 5.56 Å². The normalized spacial score (nSPS) is 12.2. The van der Waals surface area contributed by atoms with Gasteiger partial charge in [0.15, 0.2) is 5.78 Å². The number of ketones is 1. The number of carbonyl (C=O) groups excluding carboxylic acids is 1. The summed E-state index contributed by atoms with van der Waals surface area (Å²) in [5.41, 5.74) is 0.279. The lowest BCUT2D eigenvalue weighted by atomic mass is 9.98. The molecule has 0 aromatic heterocycles. The van der Waals surface area contributed by atoms with Gasteiger partial charge in [0.05, 0.1) is 0 Å². The van der Waals surface area contributed by atoms with Gasteiger partial charge in [0.1, 0.15) is 5.57 Å². The van der Waals surface area contributed by atoms with E-state index in [2.05, 4.69) is 6.92 Å². The minimum Gasteiger partial charge on any atom is -0.289 e. The van der Waals surface area contributed by atoms with Crippen molar-refractivity contribution in [3.8, 4) is 0 Å². The van der Waals surface area contributed by atoms with Crippen molar-refractivity contribution in [2.75, 3.05) is 0 Å². The van der Waals surface area contributed by atoms with Crippen LogP contribution in [0.5, 0.6) is 0 Å². The quantitative estimate of drug-likeness (QED) is 0.329. The molecule has 0 spiro atoms. The Balaban J connectivity index is 2.24. The Hall–Kier alpha value is -2.36. The third-order valence-corrected chi connectivity index (χ3v) is 3.95. The molecule has 0 bridgehead atoms. The van der Waals surface area contributed by atoms with Gasteiger partial charge in [-0.2, -0.15) is 13.2 Å². The van der Waals surface area contributed by atoms with Crippen molar-refractivity contribution in [3.05, 3.63) is 76.9 Å². The van der Waals surface area contributed by atoms with Gasteiger partial charge >= 0.3 is 6.18 Å². The van der Waals surface area contributed by atoms with Gasteiger partial charge in [0.2, 0.25) is 0 Å². The summed E-state index contributed by atoms with van der Waals surface area (Å²) in [4.78, 5) is 12.4. The van der Waals surface area contributed by atoms with E-state index in [1.165, 1.54) is 24.3 Å². The summed E-state index contributed by atoms with van der Waals surface area (Å²) < 4.78 is 40.0. The maximum Gasteiger partial charge on any atom is 0.420 e. The molecular formula is C21H21F3O. The molecule has 0 N–H and O–H groups in total. The third-order valence-electron chi connectivity index (χ3n) is 3.95. The van der Waals surface area contributed by atoms with Gasteiger partial charge in [-0.1, -0.05) is 74.4 Å². The highest BCUT2D eigenvalue weighted by atomic mass is 19.4. The van der Waals surface area contributed by atoms with Crippen molar-refractivity contribution in [1.29, 1.82) is 0 Å². The predicted octanol–water partition coefficient (Wildman–Crippen LogP) is 6.25. The van der Waals surface area contributed by atoms with Gasteiger partial charge in [-0.25, -0.2) is 0 Å². The zero-order valence-corrected chi connectivity index (χ0v) is 14.1. The summed E-state index contributed by atoms with van der Waals surface area (Å²) in [6, 6.07) is 14.5. The summed E-state index contributed by atoms with van der Waals surface area (Å²) in [6.07, 6.45) is 0.318. The highest BCUT2D eigenvalue weighted by Crippen LogP contribution is 2.30. The van der Waals surface area contributed by atoms with E-state index in [1.807, 2.05) is 0 Å². The molecule has 0 heterocycles. The van der Waals surface area contributed by atoms with Crippen LogP contribution >= 0.6 is 0 Å². The summed E-state index contributed by atoms with van der Waals surface area (Å²) in [6.45, 7) is 2.11. The van der Waals surface area contributed by atoms with Crippen molar-refractivity contribution < 1.29 is 18.0 Å². The molecule has 0 saturated carbocycles. The minimum atomic E-state index is -4.70. The Morgan fingerprint density at radius 2 is 1.60 bits per heavy atom. The second-order valence-electron chi connectivity index (χ2n) is 5.95. The topological polar surface area (TPSA) is 17.1 Å². The fourth-order valence-corrected chi connectivity index (χ4v) is 2.55. The molecule has 0 aliphatic heterocycles. The molecule has 4 heteroatoms. The lowest BCUT2D eigenvalue weighted by Gasteiger charge is -2.11. The molecule has 2 aromatic rings. The SMILES string of the molecule is CCCCCc1ccc(C(=O)/C(=C\c2ccccc2)C(F)(F)F)cc1. The maximum absolute atomic E-state index is 13.3. The number of hydrogen-bond acceptors (Lipinski definition) is 1. The van der Waals surface area contributed by atoms with Crippen LogP contribution < -0.4 is 0 Å². The molecule has 2 rings (SSSR count). The molecule has 132 valence electrons. The molecule has 0 amide bonds. The predicted molar refractivity (Wildman–Crippen MR) is 94.5 cm³/mol. The lowest BCUT2D eigenvalue weighted by molar-refractivity contribution is -0.0878. The van der Waals surface area contributed by atoms with Gasteiger partial charge < -0.3 is 0 Å². The number of hydrogen-bond donors (Lipinski definition) is 0. The molecule has 0 unspecified atom stereocenters. The van der Waals surface area contributed by atoms with Crippen molar-refractivity contribution in [3.63, 3.8) is 0 Å². The molecule has 1 nitrogen and oxygen atoms in total. The van der Waals surface area contributed by atoms with E-state index in [9.17, 15) is 18.0 Å². The molecule has 0 fully saturated rings. The third kappa shape index (κ3) is 5.59. The van der Waals surface area contributed by atoms with Crippen LogP contribution in [0.3, 0.4) is 0 Å². The van der Waals surface area contributed by atoms with E-state index in [4.69, 9.17) is 0 Å². The number of halogens is 3. The van der Waals surface area contributed by atoms with Crippen molar-refractivity contribution in [1.82, 2.24) is 0 Å². The van der Waals surface area contributed by atoms with Crippen LogP contribution in [0.25, 0.3) is 6.08 Å². The van der Waals surface area contributed by atoms with Crippen LogP contribution in [0, 0.1) is 0 Å². The lowest BCUT2D eigenvalue weighted by Crippen LogP contribution is -2.20. The Labute approximate surface area is 146 Å². The number of unbranched alkanes of at least 4 members (excludes halogenated alkanes) is 2. The fraction of sp³-hybridized carbons (Fsp3) is 0.286. The first-order chi connectivity index (χ1) is 11.9. The minimum absolute atomic E-state index is 0.0544. The van der Waals surface area contributed by atoms with E-state index in [-0.39, 0.29) is 5.56 Å². The number of allylic oxidation sites excluding steroid dienone is 1. The number of Topliss-reactive ketones (excluding diaryl/α,β-unsaturated/α-hetero) is 1. The van der Waals surface area contributed by atoms with Gasteiger partial charge in [0.25, 0.3) is 0 Å². The molecule has 0 radical (unpaired) electrons. The molecule has 0 atom stereocenters. The maximum atomic E-state index is 13.3. The molecule has 0 aliphatic carbocycles. The molecule has 0 aliphatic rings. The smallest absolute Gasteiger partial charge is 0.289 e. The van der Waals surface area contributed by atoms with Gasteiger partial charge in [0, 0.05) is 5.56 Å². The number of carbonyl (C=O) groups is 1.